The van der Waals surface area contributed by atoms with Crippen LogP contribution in [0.1, 0.15) is 49.5 Å². The molecular weight excluding hydrogens is 274 g/mol. The Kier molecular flexibility index (Phi) is 4.95. The van der Waals surface area contributed by atoms with E-state index in [0.29, 0.717) is 13.0 Å². The summed E-state index contributed by atoms with van der Waals surface area (Å²) in [6, 6.07) is 1.02. The summed E-state index contributed by atoms with van der Waals surface area (Å²) in [6.07, 6.45) is 4.98. The summed E-state index contributed by atoms with van der Waals surface area (Å²) in [5, 5.41) is 23.6. The maximum atomic E-state index is 12.3. The zero-order chi connectivity index (χ0) is 15.4. The SMILES string of the molecule is CCCn1cc([N+](=O)[O-])cc1C(=O)NC1CCCCC1O. The molecule has 1 heterocycles. The van der Waals surface area contributed by atoms with Gasteiger partial charge < -0.3 is 15.0 Å². The molecule has 1 fully saturated rings. The van der Waals surface area contributed by atoms with Gasteiger partial charge in [-0.15, -0.1) is 0 Å². The zero-order valence-corrected chi connectivity index (χ0v) is 12.1. The zero-order valence-electron chi connectivity index (χ0n) is 12.1. The molecule has 1 saturated carbocycles. The maximum absolute atomic E-state index is 12.3. The van der Waals surface area contributed by atoms with E-state index in [2.05, 4.69) is 5.32 Å². The van der Waals surface area contributed by atoms with Gasteiger partial charge in [0.2, 0.25) is 0 Å². The number of hydrogen-bond donors (Lipinski definition) is 2. The average molecular weight is 295 g/mol. The molecular formula is C14H21N3O4. The smallest absolute Gasteiger partial charge is 0.287 e. The van der Waals surface area contributed by atoms with E-state index in [1.54, 1.807) is 4.57 Å². The average Bonchev–Trinajstić information content (AvgIpc) is 2.86. The maximum Gasteiger partial charge on any atom is 0.287 e. The van der Waals surface area contributed by atoms with Crippen molar-refractivity contribution in [2.24, 2.45) is 0 Å². The van der Waals surface area contributed by atoms with E-state index in [4.69, 9.17) is 0 Å². The van der Waals surface area contributed by atoms with Gasteiger partial charge in [-0.1, -0.05) is 19.8 Å². The second kappa shape index (κ2) is 6.71. The van der Waals surface area contributed by atoms with Gasteiger partial charge in [-0.05, 0) is 19.3 Å². The van der Waals surface area contributed by atoms with Crippen LogP contribution in [-0.2, 0) is 6.54 Å². The first-order valence-corrected chi connectivity index (χ1v) is 7.36. The monoisotopic (exact) mass is 295 g/mol. The third kappa shape index (κ3) is 3.60. The van der Waals surface area contributed by atoms with E-state index < -0.39 is 11.0 Å². The van der Waals surface area contributed by atoms with Crippen molar-refractivity contribution in [3.63, 3.8) is 0 Å². The molecule has 116 valence electrons. The lowest BCUT2D eigenvalue weighted by molar-refractivity contribution is -0.384. The molecule has 7 heteroatoms. The molecule has 0 spiro atoms. The second-order valence-electron chi connectivity index (χ2n) is 5.47. The molecule has 0 aromatic carbocycles. The third-order valence-electron chi connectivity index (χ3n) is 3.84. The number of aromatic nitrogens is 1. The summed E-state index contributed by atoms with van der Waals surface area (Å²) < 4.78 is 1.60. The Bertz CT molecular complexity index is 526. The molecule has 1 aromatic rings. The van der Waals surface area contributed by atoms with Crippen molar-refractivity contribution in [3.05, 3.63) is 28.1 Å². The van der Waals surface area contributed by atoms with Gasteiger partial charge in [-0.3, -0.25) is 14.9 Å². The number of aliphatic hydroxyl groups is 1. The van der Waals surface area contributed by atoms with E-state index >= 15 is 0 Å². The molecule has 1 aliphatic rings. The molecule has 1 amide bonds. The number of hydrogen-bond acceptors (Lipinski definition) is 4. The lowest BCUT2D eigenvalue weighted by Gasteiger charge is -2.28. The van der Waals surface area contributed by atoms with Crippen molar-refractivity contribution in [2.75, 3.05) is 0 Å². The lowest BCUT2D eigenvalue weighted by Crippen LogP contribution is -2.45. The minimum atomic E-state index is -0.535. The molecule has 2 atom stereocenters. The van der Waals surface area contributed by atoms with Crippen LogP contribution in [0.15, 0.2) is 12.3 Å². The number of nitrogens with one attached hydrogen (secondary N) is 1. The topological polar surface area (TPSA) is 97.4 Å². The molecule has 0 saturated heterocycles. The lowest BCUT2D eigenvalue weighted by atomic mass is 9.92. The third-order valence-corrected chi connectivity index (χ3v) is 3.84. The molecule has 0 radical (unpaired) electrons. The van der Waals surface area contributed by atoms with Gasteiger partial charge >= 0.3 is 0 Å². The Morgan fingerprint density at radius 3 is 2.86 bits per heavy atom. The van der Waals surface area contributed by atoms with Gasteiger partial charge in [0.05, 0.1) is 23.3 Å². The van der Waals surface area contributed by atoms with Crippen molar-refractivity contribution in [1.82, 2.24) is 9.88 Å². The highest BCUT2D eigenvalue weighted by molar-refractivity contribution is 5.93. The second-order valence-corrected chi connectivity index (χ2v) is 5.47. The van der Waals surface area contributed by atoms with Crippen LogP contribution in [0, 0.1) is 10.1 Å². The summed E-state index contributed by atoms with van der Waals surface area (Å²) >= 11 is 0. The number of nitrogens with zero attached hydrogens (tertiary/aromatic N) is 2. The van der Waals surface area contributed by atoms with Crippen LogP contribution < -0.4 is 5.32 Å². The van der Waals surface area contributed by atoms with Crippen molar-refractivity contribution in [3.8, 4) is 0 Å². The first kappa shape index (κ1) is 15.5. The van der Waals surface area contributed by atoms with Gasteiger partial charge in [0.1, 0.15) is 5.69 Å². The molecule has 2 unspecified atom stereocenters. The van der Waals surface area contributed by atoms with E-state index in [1.807, 2.05) is 6.92 Å². The standard InChI is InChI=1S/C14H21N3O4/c1-2-7-16-9-10(17(20)21)8-12(16)14(19)15-11-5-3-4-6-13(11)18/h8-9,11,13,18H,2-7H2,1H3,(H,15,19). The number of aryl methyl sites for hydroxylation is 1. The highest BCUT2D eigenvalue weighted by Gasteiger charge is 2.27. The number of nitro groups is 1. The van der Waals surface area contributed by atoms with E-state index in [0.717, 1.165) is 25.7 Å². The van der Waals surface area contributed by atoms with Crippen molar-refractivity contribution in [1.29, 1.82) is 0 Å². The minimum absolute atomic E-state index is 0.0854. The molecule has 1 aromatic heterocycles. The Morgan fingerprint density at radius 1 is 1.52 bits per heavy atom. The largest absolute Gasteiger partial charge is 0.391 e. The van der Waals surface area contributed by atoms with Crippen LogP contribution in [0.5, 0.6) is 0 Å². The van der Waals surface area contributed by atoms with Crippen LogP contribution in [0.2, 0.25) is 0 Å². The predicted octanol–water partition coefficient (Wildman–Crippen LogP) is 1.84. The minimum Gasteiger partial charge on any atom is -0.391 e. The van der Waals surface area contributed by atoms with Crippen molar-refractivity contribution >= 4 is 11.6 Å². The fourth-order valence-corrected chi connectivity index (χ4v) is 2.73. The van der Waals surface area contributed by atoms with Crippen LogP contribution in [0.4, 0.5) is 5.69 Å². The number of rotatable bonds is 5. The van der Waals surface area contributed by atoms with Gasteiger partial charge in [-0.25, -0.2) is 0 Å². The Morgan fingerprint density at radius 2 is 2.24 bits per heavy atom. The first-order valence-electron chi connectivity index (χ1n) is 7.36. The molecule has 0 bridgehead atoms. The Labute approximate surface area is 123 Å². The molecule has 7 nitrogen and oxygen atoms in total. The fourth-order valence-electron chi connectivity index (χ4n) is 2.73. The quantitative estimate of drug-likeness (QED) is 0.639. The summed E-state index contributed by atoms with van der Waals surface area (Å²) in [6.45, 7) is 2.49. The van der Waals surface area contributed by atoms with Gasteiger partial charge in [0, 0.05) is 12.6 Å². The highest BCUT2D eigenvalue weighted by atomic mass is 16.6. The highest BCUT2D eigenvalue weighted by Crippen LogP contribution is 2.21. The number of carbonyl (C=O) groups excluding carboxylic acids is 1. The first-order chi connectivity index (χ1) is 10.0. The number of carbonyl (C=O) groups is 1. The molecule has 1 aliphatic carbocycles. The fraction of sp³-hybridized carbons (Fsp3) is 0.643. The van der Waals surface area contributed by atoms with Crippen molar-refractivity contribution in [2.45, 2.75) is 57.7 Å². The molecule has 2 rings (SSSR count). The van der Waals surface area contributed by atoms with Gasteiger partial charge in [-0.2, -0.15) is 0 Å². The van der Waals surface area contributed by atoms with Crippen LogP contribution in [0.25, 0.3) is 0 Å². The Hall–Kier alpha value is -1.89. The molecule has 2 N–H and O–H groups in total. The van der Waals surface area contributed by atoms with Crippen LogP contribution in [-0.4, -0.2) is 32.6 Å². The normalized spacial score (nSPS) is 22.0. The summed E-state index contributed by atoms with van der Waals surface area (Å²) in [7, 11) is 0. The van der Waals surface area contributed by atoms with Gasteiger partial charge in [0.25, 0.3) is 11.6 Å². The number of amides is 1. The van der Waals surface area contributed by atoms with E-state index in [-0.39, 0.29) is 23.3 Å². The van der Waals surface area contributed by atoms with E-state index in [9.17, 15) is 20.0 Å². The predicted molar refractivity (Wildman–Crippen MR) is 77.1 cm³/mol. The number of aliphatic hydroxyl groups excluding tert-OH is 1. The van der Waals surface area contributed by atoms with Crippen LogP contribution in [0.3, 0.4) is 0 Å². The van der Waals surface area contributed by atoms with Crippen LogP contribution >= 0.6 is 0 Å². The van der Waals surface area contributed by atoms with Crippen molar-refractivity contribution < 1.29 is 14.8 Å². The van der Waals surface area contributed by atoms with Gasteiger partial charge in [0.15, 0.2) is 0 Å². The summed E-state index contributed by atoms with van der Waals surface area (Å²) in [4.78, 5) is 22.7. The molecule has 0 aliphatic heterocycles. The van der Waals surface area contributed by atoms with E-state index in [1.165, 1.54) is 12.3 Å². The summed E-state index contributed by atoms with van der Waals surface area (Å²) in [5.74, 6) is -0.359. The summed E-state index contributed by atoms with van der Waals surface area (Å²) in [5.41, 5.74) is 0.194. The Balaban J connectivity index is 2.15. The molecule has 21 heavy (non-hydrogen) atoms.